The van der Waals surface area contributed by atoms with Gasteiger partial charge in [-0.1, -0.05) is 40.5 Å². The zero-order valence-electron chi connectivity index (χ0n) is 10.8. The molecule has 0 spiro atoms. The van der Waals surface area contributed by atoms with Crippen molar-refractivity contribution in [3.8, 4) is 0 Å². The minimum Gasteiger partial charge on any atom is -0.348 e. The number of nitrogens with one attached hydrogen (secondary N) is 2. The van der Waals surface area contributed by atoms with Crippen LogP contribution < -0.4 is 10.6 Å². The lowest BCUT2D eigenvalue weighted by molar-refractivity contribution is -0.139. The molecule has 0 aliphatic carbocycles. The molecule has 0 saturated heterocycles. The number of hydrogen-bond donors (Lipinski definition) is 2. The van der Waals surface area contributed by atoms with Gasteiger partial charge in [-0.25, -0.2) is 0 Å². The van der Waals surface area contributed by atoms with E-state index in [1.165, 1.54) is 0 Å². The number of carbonyl (C=O) groups excluding carboxylic acids is 2. The zero-order valence-corrected chi connectivity index (χ0v) is 10.8. The summed E-state index contributed by atoms with van der Waals surface area (Å²) in [6.07, 6.45) is 1.99. The summed E-state index contributed by atoms with van der Waals surface area (Å²) in [5.74, 6) is -0.232. The van der Waals surface area contributed by atoms with E-state index in [1.54, 1.807) is 0 Å². The number of carbonyl (C=O) groups is 2. The lowest BCUT2D eigenvalue weighted by Crippen LogP contribution is -2.42. The Bertz CT molecular complexity index is 205. The maximum atomic E-state index is 11.3. The molecule has 0 aliphatic heterocycles. The van der Waals surface area contributed by atoms with Gasteiger partial charge in [-0.3, -0.25) is 9.59 Å². The maximum absolute atomic E-state index is 11.3. The molecule has 4 heteroatoms. The summed E-state index contributed by atoms with van der Waals surface area (Å²) < 4.78 is 0. The lowest BCUT2D eigenvalue weighted by atomic mass is 10.1. The van der Waals surface area contributed by atoms with Gasteiger partial charge >= 0.3 is 11.8 Å². The molecular formula is C12H24N2O2. The normalized spacial score (nSPS) is 14.0. The van der Waals surface area contributed by atoms with Crippen molar-refractivity contribution in [3.05, 3.63) is 0 Å². The van der Waals surface area contributed by atoms with Crippen LogP contribution in [0.5, 0.6) is 0 Å². The minimum atomic E-state index is -0.524. The molecule has 2 amide bonds. The maximum Gasteiger partial charge on any atom is 0.309 e. The van der Waals surface area contributed by atoms with E-state index < -0.39 is 11.8 Å². The van der Waals surface area contributed by atoms with E-state index in [4.69, 9.17) is 0 Å². The fourth-order valence-corrected chi connectivity index (χ4v) is 0.983. The summed E-state index contributed by atoms with van der Waals surface area (Å²) in [6, 6.07) is 0. The van der Waals surface area contributed by atoms with Crippen LogP contribution in [-0.2, 0) is 9.59 Å². The predicted octanol–water partition coefficient (Wildman–Crippen LogP) is 1.31. The van der Waals surface area contributed by atoms with E-state index in [0.29, 0.717) is 24.9 Å². The molecule has 2 N–H and O–H groups in total. The van der Waals surface area contributed by atoms with Gasteiger partial charge in [-0.15, -0.1) is 0 Å². The van der Waals surface area contributed by atoms with Gasteiger partial charge < -0.3 is 10.6 Å². The van der Waals surface area contributed by atoms with Crippen LogP contribution in [0.1, 0.15) is 40.5 Å². The highest BCUT2D eigenvalue weighted by Crippen LogP contribution is 1.98. The third kappa shape index (κ3) is 6.43. The van der Waals surface area contributed by atoms with Crippen molar-refractivity contribution >= 4 is 11.8 Å². The Hall–Kier alpha value is -1.06. The third-order valence-electron chi connectivity index (χ3n) is 2.82. The first-order chi connectivity index (χ1) is 7.51. The average Bonchev–Trinajstić information content (AvgIpc) is 2.31. The van der Waals surface area contributed by atoms with Crippen molar-refractivity contribution < 1.29 is 9.59 Å². The smallest absolute Gasteiger partial charge is 0.309 e. The molecule has 0 aromatic rings. The van der Waals surface area contributed by atoms with Crippen molar-refractivity contribution in [2.75, 3.05) is 13.1 Å². The quantitative estimate of drug-likeness (QED) is 0.673. The summed E-state index contributed by atoms with van der Waals surface area (Å²) in [5.41, 5.74) is 0. The van der Waals surface area contributed by atoms with Gasteiger partial charge in [0.2, 0.25) is 0 Å². The largest absolute Gasteiger partial charge is 0.348 e. The SMILES string of the molecule is CCC(C)CNC(=O)C(=O)NCC(C)CC. The second-order valence-corrected chi connectivity index (χ2v) is 4.45. The standard InChI is InChI=1S/C12H24N2O2/c1-5-9(3)7-13-11(15)12(16)14-8-10(4)6-2/h9-10H,5-8H2,1-4H3,(H,13,15)(H,14,16). The molecule has 16 heavy (non-hydrogen) atoms. The van der Waals surface area contributed by atoms with Crippen molar-refractivity contribution in [1.82, 2.24) is 10.6 Å². The van der Waals surface area contributed by atoms with Crippen LogP contribution in [0, 0.1) is 11.8 Å². The topological polar surface area (TPSA) is 58.2 Å². The first-order valence-electron chi connectivity index (χ1n) is 6.07. The monoisotopic (exact) mass is 228 g/mol. The van der Waals surface area contributed by atoms with Crippen LogP contribution in [-0.4, -0.2) is 24.9 Å². The van der Waals surface area contributed by atoms with E-state index in [0.717, 1.165) is 12.8 Å². The molecule has 4 nitrogen and oxygen atoms in total. The van der Waals surface area contributed by atoms with E-state index in [9.17, 15) is 9.59 Å². The van der Waals surface area contributed by atoms with Crippen molar-refractivity contribution in [1.29, 1.82) is 0 Å². The Morgan fingerprint density at radius 2 is 1.19 bits per heavy atom. The van der Waals surface area contributed by atoms with Gasteiger partial charge in [0.25, 0.3) is 0 Å². The first kappa shape index (κ1) is 14.9. The van der Waals surface area contributed by atoms with Crippen LogP contribution in [0.15, 0.2) is 0 Å². The van der Waals surface area contributed by atoms with Crippen molar-refractivity contribution in [2.24, 2.45) is 11.8 Å². The Morgan fingerprint density at radius 1 is 0.875 bits per heavy atom. The summed E-state index contributed by atoms with van der Waals surface area (Å²) in [6.45, 7) is 9.31. The van der Waals surface area contributed by atoms with E-state index >= 15 is 0 Å². The Morgan fingerprint density at radius 3 is 1.44 bits per heavy atom. The van der Waals surface area contributed by atoms with Gasteiger partial charge in [0.1, 0.15) is 0 Å². The molecule has 0 heterocycles. The number of amides is 2. The number of hydrogen-bond acceptors (Lipinski definition) is 2. The highest BCUT2D eigenvalue weighted by molar-refractivity contribution is 6.35. The fourth-order valence-electron chi connectivity index (χ4n) is 0.983. The molecule has 2 unspecified atom stereocenters. The van der Waals surface area contributed by atoms with Crippen LogP contribution in [0.3, 0.4) is 0 Å². The first-order valence-corrected chi connectivity index (χ1v) is 6.07. The van der Waals surface area contributed by atoms with Crippen LogP contribution in [0.4, 0.5) is 0 Å². The number of rotatable bonds is 6. The molecule has 0 aliphatic rings. The highest BCUT2D eigenvalue weighted by atomic mass is 16.2. The molecule has 0 aromatic heterocycles. The van der Waals surface area contributed by atoms with Gasteiger partial charge in [-0.2, -0.15) is 0 Å². The molecule has 0 radical (unpaired) electrons. The van der Waals surface area contributed by atoms with Gasteiger partial charge in [0, 0.05) is 13.1 Å². The van der Waals surface area contributed by atoms with Gasteiger partial charge in [0.05, 0.1) is 0 Å². The Labute approximate surface area is 98.2 Å². The molecule has 0 aromatic carbocycles. The second-order valence-electron chi connectivity index (χ2n) is 4.45. The minimum absolute atomic E-state index is 0.409. The third-order valence-corrected chi connectivity index (χ3v) is 2.82. The fraction of sp³-hybridized carbons (Fsp3) is 0.833. The van der Waals surface area contributed by atoms with Crippen LogP contribution in [0.25, 0.3) is 0 Å². The highest BCUT2D eigenvalue weighted by Gasteiger charge is 2.13. The average molecular weight is 228 g/mol. The summed E-state index contributed by atoms with van der Waals surface area (Å²) in [5, 5.41) is 5.25. The van der Waals surface area contributed by atoms with E-state index in [-0.39, 0.29) is 0 Å². The van der Waals surface area contributed by atoms with Crippen molar-refractivity contribution in [2.45, 2.75) is 40.5 Å². The Balaban J connectivity index is 3.78. The zero-order chi connectivity index (χ0) is 12.6. The van der Waals surface area contributed by atoms with Gasteiger partial charge in [0.15, 0.2) is 0 Å². The molecule has 94 valence electrons. The molecule has 2 atom stereocenters. The summed E-state index contributed by atoms with van der Waals surface area (Å²) in [4.78, 5) is 22.7. The second kappa shape index (κ2) is 8.13. The predicted molar refractivity (Wildman–Crippen MR) is 64.9 cm³/mol. The molecule has 0 rings (SSSR count). The molecule has 0 fully saturated rings. The molecule has 0 saturated carbocycles. The lowest BCUT2D eigenvalue weighted by Gasteiger charge is -2.12. The molecule has 0 bridgehead atoms. The van der Waals surface area contributed by atoms with Crippen LogP contribution >= 0.6 is 0 Å². The van der Waals surface area contributed by atoms with E-state index in [2.05, 4.69) is 24.5 Å². The van der Waals surface area contributed by atoms with E-state index in [1.807, 2.05) is 13.8 Å². The van der Waals surface area contributed by atoms with Gasteiger partial charge in [-0.05, 0) is 11.8 Å². The van der Waals surface area contributed by atoms with Crippen molar-refractivity contribution in [3.63, 3.8) is 0 Å². The Kier molecular flexibility index (Phi) is 7.60. The summed E-state index contributed by atoms with van der Waals surface area (Å²) in [7, 11) is 0. The summed E-state index contributed by atoms with van der Waals surface area (Å²) >= 11 is 0. The van der Waals surface area contributed by atoms with Crippen LogP contribution in [0.2, 0.25) is 0 Å². The molecular weight excluding hydrogens is 204 g/mol.